The highest BCUT2D eigenvalue weighted by atomic mass is 16.5. The van der Waals surface area contributed by atoms with Crippen LogP contribution in [0.1, 0.15) is 44.1 Å². The van der Waals surface area contributed by atoms with Crippen molar-refractivity contribution in [1.82, 2.24) is 4.98 Å². The molecule has 0 aliphatic heterocycles. The first-order valence-electron chi connectivity index (χ1n) is 6.21. The quantitative estimate of drug-likeness (QED) is 0.722. The molecule has 0 amide bonds. The van der Waals surface area contributed by atoms with Gasteiger partial charge in [0.25, 0.3) is 6.01 Å². The molecule has 0 atom stereocenters. The number of anilines is 1. The predicted molar refractivity (Wildman–Crippen MR) is 68.4 cm³/mol. The summed E-state index contributed by atoms with van der Waals surface area (Å²) in [7, 11) is 0. The summed E-state index contributed by atoms with van der Waals surface area (Å²) in [5.74, 6) is -0.486. The van der Waals surface area contributed by atoms with Crippen LogP contribution in [0.5, 0.6) is 0 Å². The fourth-order valence-corrected chi connectivity index (χ4v) is 1.62. The van der Waals surface area contributed by atoms with Crippen molar-refractivity contribution in [2.24, 2.45) is 5.73 Å². The number of esters is 1. The van der Waals surface area contributed by atoms with Crippen LogP contribution >= 0.6 is 0 Å². The minimum Gasteiger partial charge on any atom is -0.461 e. The van der Waals surface area contributed by atoms with Gasteiger partial charge in [0.2, 0.25) is 0 Å². The first-order chi connectivity index (χ1) is 8.60. The number of oxazole rings is 1. The number of nitrogens with two attached hydrogens (primary N) is 1. The van der Waals surface area contributed by atoms with Crippen LogP contribution in [0.15, 0.2) is 10.7 Å². The van der Waals surface area contributed by atoms with E-state index in [2.05, 4.69) is 10.3 Å². The van der Waals surface area contributed by atoms with Gasteiger partial charge in [0.05, 0.1) is 12.1 Å². The van der Waals surface area contributed by atoms with Gasteiger partial charge in [-0.25, -0.2) is 4.79 Å². The zero-order chi connectivity index (χ0) is 13.6. The van der Waals surface area contributed by atoms with Gasteiger partial charge in [-0.3, -0.25) is 0 Å². The van der Waals surface area contributed by atoms with Crippen LogP contribution in [0.4, 0.5) is 6.01 Å². The minimum atomic E-state index is -0.486. The molecule has 0 unspecified atom stereocenters. The van der Waals surface area contributed by atoms with Crippen LogP contribution in [0, 0.1) is 0 Å². The highest BCUT2D eigenvalue weighted by Gasteiger charge is 2.26. The van der Waals surface area contributed by atoms with E-state index in [0.29, 0.717) is 19.2 Å². The summed E-state index contributed by atoms with van der Waals surface area (Å²) in [5, 5.41) is 3.15. The molecule has 6 nitrogen and oxygen atoms in total. The highest BCUT2D eigenvalue weighted by Crippen LogP contribution is 2.21. The Hall–Kier alpha value is -1.56. The molecule has 0 saturated carbocycles. The second-order valence-electron chi connectivity index (χ2n) is 4.07. The van der Waals surface area contributed by atoms with Crippen molar-refractivity contribution in [3.05, 3.63) is 12.0 Å². The monoisotopic (exact) mass is 255 g/mol. The van der Waals surface area contributed by atoms with Crippen molar-refractivity contribution in [2.45, 2.75) is 39.2 Å². The van der Waals surface area contributed by atoms with Crippen LogP contribution < -0.4 is 11.1 Å². The highest BCUT2D eigenvalue weighted by molar-refractivity contribution is 5.87. The van der Waals surface area contributed by atoms with Gasteiger partial charge in [-0.1, -0.05) is 13.8 Å². The molecule has 1 rings (SSSR count). The summed E-state index contributed by atoms with van der Waals surface area (Å²) in [5.41, 5.74) is 5.68. The number of nitrogens with zero attached hydrogens (tertiary/aromatic N) is 1. The standard InChI is InChI=1S/C12H21N3O3/c1-4-12(5-2,8-13)15-11-14-9(7-18-11)10(16)17-6-3/h7H,4-6,8,13H2,1-3H3,(H,14,15). The average Bonchev–Trinajstić information content (AvgIpc) is 2.85. The normalized spacial score (nSPS) is 11.3. The molecule has 3 N–H and O–H groups in total. The van der Waals surface area contributed by atoms with E-state index in [9.17, 15) is 4.79 Å². The molecule has 18 heavy (non-hydrogen) atoms. The van der Waals surface area contributed by atoms with Crippen LogP contribution in [0.3, 0.4) is 0 Å². The lowest BCUT2D eigenvalue weighted by molar-refractivity contribution is 0.0519. The second kappa shape index (κ2) is 6.39. The minimum absolute atomic E-state index is 0.164. The second-order valence-corrected chi connectivity index (χ2v) is 4.07. The molecular weight excluding hydrogens is 234 g/mol. The van der Waals surface area contributed by atoms with Crippen molar-refractivity contribution < 1.29 is 13.9 Å². The summed E-state index contributed by atoms with van der Waals surface area (Å²) in [4.78, 5) is 15.5. The molecule has 0 fully saturated rings. The predicted octanol–water partition coefficient (Wildman–Crippen LogP) is 1.78. The van der Waals surface area contributed by atoms with Gasteiger partial charge in [-0.05, 0) is 19.8 Å². The molecule has 6 heteroatoms. The third-order valence-corrected chi connectivity index (χ3v) is 3.11. The average molecular weight is 255 g/mol. The number of carbonyl (C=O) groups excluding carboxylic acids is 1. The van der Waals surface area contributed by atoms with E-state index >= 15 is 0 Å². The maximum absolute atomic E-state index is 11.4. The van der Waals surface area contributed by atoms with Crippen molar-refractivity contribution in [3.63, 3.8) is 0 Å². The molecule has 0 radical (unpaired) electrons. The number of carbonyl (C=O) groups is 1. The molecule has 0 aliphatic rings. The van der Waals surface area contributed by atoms with E-state index in [1.54, 1.807) is 6.92 Å². The van der Waals surface area contributed by atoms with Crippen LogP contribution in [0.25, 0.3) is 0 Å². The Balaban J connectivity index is 2.77. The maximum Gasteiger partial charge on any atom is 0.360 e. The Morgan fingerprint density at radius 3 is 2.67 bits per heavy atom. The first kappa shape index (κ1) is 14.5. The fourth-order valence-electron chi connectivity index (χ4n) is 1.62. The molecule has 0 aromatic carbocycles. The molecular formula is C12H21N3O3. The maximum atomic E-state index is 11.4. The fraction of sp³-hybridized carbons (Fsp3) is 0.667. The molecule has 1 aromatic heterocycles. The first-order valence-corrected chi connectivity index (χ1v) is 6.21. The number of nitrogens with one attached hydrogen (secondary N) is 1. The smallest absolute Gasteiger partial charge is 0.360 e. The number of rotatable bonds is 7. The lowest BCUT2D eigenvalue weighted by atomic mass is 9.93. The molecule has 1 aromatic rings. The van der Waals surface area contributed by atoms with Gasteiger partial charge >= 0.3 is 5.97 Å². The van der Waals surface area contributed by atoms with Crippen molar-refractivity contribution >= 4 is 12.0 Å². The Morgan fingerprint density at radius 1 is 1.50 bits per heavy atom. The Bertz CT molecular complexity index is 377. The topological polar surface area (TPSA) is 90.4 Å². The number of aromatic nitrogens is 1. The summed E-state index contributed by atoms with van der Waals surface area (Å²) < 4.78 is 10.1. The van der Waals surface area contributed by atoms with Gasteiger partial charge < -0.3 is 20.2 Å². The van der Waals surface area contributed by atoms with Gasteiger partial charge in [0.1, 0.15) is 6.26 Å². The number of hydrogen-bond donors (Lipinski definition) is 2. The zero-order valence-electron chi connectivity index (χ0n) is 11.2. The molecule has 0 spiro atoms. The molecule has 0 aliphatic carbocycles. The summed E-state index contributed by atoms with van der Waals surface area (Å²) in [6, 6.07) is 0.298. The lowest BCUT2D eigenvalue weighted by Crippen LogP contribution is -2.44. The summed E-state index contributed by atoms with van der Waals surface area (Å²) in [6.45, 7) is 6.60. The van der Waals surface area contributed by atoms with E-state index in [-0.39, 0.29) is 11.2 Å². The van der Waals surface area contributed by atoms with Gasteiger partial charge in [0, 0.05) is 6.54 Å². The van der Waals surface area contributed by atoms with Crippen LogP contribution in [0.2, 0.25) is 0 Å². The third kappa shape index (κ3) is 3.22. The van der Waals surface area contributed by atoms with E-state index < -0.39 is 5.97 Å². The van der Waals surface area contributed by atoms with E-state index in [1.165, 1.54) is 6.26 Å². The van der Waals surface area contributed by atoms with E-state index in [0.717, 1.165) is 12.8 Å². The SMILES string of the molecule is CCOC(=O)c1coc(NC(CC)(CC)CN)n1. The van der Waals surface area contributed by atoms with Gasteiger partial charge in [0.15, 0.2) is 5.69 Å². The van der Waals surface area contributed by atoms with E-state index in [1.807, 2.05) is 13.8 Å². The van der Waals surface area contributed by atoms with Crippen LogP contribution in [-0.4, -0.2) is 29.6 Å². The number of hydrogen-bond acceptors (Lipinski definition) is 6. The Kier molecular flexibility index (Phi) is 5.15. The third-order valence-electron chi connectivity index (χ3n) is 3.11. The molecule has 102 valence electrons. The summed E-state index contributed by atoms with van der Waals surface area (Å²) in [6.07, 6.45) is 2.97. The van der Waals surface area contributed by atoms with Gasteiger partial charge in [-0.15, -0.1) is 0 Å². The number of ether oxygens (including phenoxy) is 1. The van der Waals surface area contributed by atoms with Gasteiger partial charge in [-0.2, -0.15) is 4.98 Å². The van der Waals surface area contributed by atoms with Crippen LogP contribution in [-0.2, 0) is 4.74 Å². The Morgan fingerprint density at radius 2 is 2.17 bits per heavy atom. The van der Waals surface area contributed by atoms with Crippen molar-refractivity contribution in [2.75, 3.05) is 18.5 Å². The summed E-state index contributed by atoms with van der Waals surface area (Å²) >= 11 is 0. The van der Waals surface area contributed by atoms with E-state index in [4.69, 9.17) is 14.9 Å². The lowest BCUT2D eigenvalue weighted by Gasteiger charge is -2.30. The molecule has 0 bridgehead atoms. The van der Waals surface area contributed by atoms with Crippen molar-refractivity contribution in [1.29, 1.82) is 0 Å². The van der Waals surface area contributed by atoms with Crippen molar-refractivity contribution in [3.8, 4) is 0 Å². The zero-order valence-corrected chi connectivity index (χ0v) is 11.2. The molecule has 1 heterocycles. The largest absolute Gasteiger partial charge is 0.461 e. The molecule has 0 saturated heterocycles. The Labute approximate surface area is 107 Å².